The summed E-state index contributed by atoms with van der Waals surface area (Å²) in [7, 11) is 0. The Kier molecular flexibility index (Phi) is 5.58. The second-order valence-corrected chi connectivity index (χ2v) is 5.14. The first-order valence-corrected chi connectivity index (χ1v) is 6.87. The van der Waals surface area contributed by atoms with Crippen LogP contribution in [0.15, 0.2) is 24.5 Å². The molecule has 4 nitrogen and oxygen atoms in total. The highest BCUT2D eigenvalue weighted by Gasteiger charge is 2.12. The van der Waals surface area contributed by atoms with Gasteiger partial charge >= 0.3 is 0 Å². The van der Waals surface area contributed by atoms with E-state index in [9.17, 15) is 0 Å². The van der Waals surface area contributed by atoms with Gasteiger partial charge in [0.1, 0.15) is 0 Å². The van der Waals surface area contributed by atoms with Crippen LogP contribution in [-0.4, -0.2) is 49.2 Å². The lowest BCUT2D eigenvalue weighted by molar-refractivity contribution is 0.209. The minimum Gasteiger partial charge on any atom is -0.314 e. The predicted octanol–water partition coefficient (Wildman–Crippen LogP) is 0.713. The predicted molar refractivity (Wildman–Crippen MR) is 74.4 cm³/mol. The first-order chi connectivity index (χ1) is 8.84. The number of piperazine rings is 1. The summed E-state index contributed by atoms with van der Waals surface area (Å²) >= 11 is 0. The van der Waals surface area contributed by atoms with E-state index in [0.717, 1.165) is 26.2 Å². The van der Waals surface area contributed by atoms with Crippen molar-refractivity contribution in [2.24, 2.45) is 5.92 Å². The number of pyridine rings is 1. The van der Waals surface area contributed by atoms with Crippen LogP contribution in [0.3, 0.4) is 0 Å². The SMILES string of the molecule is CC(CNCc1ccncc1)CN1CCNCC1. The lowest BCUT2D eigenvalue weighted by atomic mass is 10.1. The molecule has 0 aromatic carbocycles. The number of nitrogens with one attached hydrogen (secondary N) is 2. The minimum atomic E-state index is 0.699. The summed E-state index contributed by atoms with van der Waals surface area (Å²) in [5.74, 6) is 0.699. The third-order valence-corrected chi connectivity index (χ3v) is 3.35. The van der Waals surface area contributed by atoms with E-state index in [4.69, 9.17) is 0 Å². The van der Waals surface area contributed by atoms with Gasteiger partial charge in [0.2, 0.25) is 0 Å². The topological polar surface area (TPSA) is 40.2 Å². The maximum absolute atomic E-state index is 4.03. The van der Waals surface area contributed by atoms with Gasteiger partial charge in [-0.15, -0.1) is 0 Å². The van der Waals surface area contributed by atoms with Crippen molar-refractivity contribution in [2.75, 3.05) is 39.3 Å². The largest absolute Gasteiger partial charge is 0.314 e. The van der Waals surface area contributed by atoms with Crippen molar-refractivity contribution in [2.45, 2.75) is 13.5 Å². The third-order valence-electron chi connectivity index (χ3n) is 3.35. The Morgan fingerprint density at radius 3 is 2.78 bits per heavy atom. The van der Waals surface area contributed by atoms with E-state index < -0.39 is 0 Å². The Bertz CT molecular complexity index is 322. The molecule has 0 radical (unpaired) electrons. The standard InChI is InChI=1S/C14H24N4/c1-13(12-18-8-6-16-7-9-18)10-17-11-14-2-4-15-5-3-14/h2-5,13,16-17H,6-12H2,1H3. The van der Waals surface area contributed by atoms with Crippen molar-refractivity contribution in [1.29, 1.82) is 0 Å². The van der Waals surface area contributed by atoms with Gasteiger partial charge in [0, 0.05) is 51.7 Å². The molecular formula is C14H24N4. The molecule has 0 amide bonds. The number of nitrogens with zero attached hydrogens (tertiary/aromatic N) is 2. The van der Waals surface area contributed by atoms with Crippen molar-refractivity contribution in [3.63, 3.8) is 0 Å². The summed E-state index contributed by atoms with van der Waals surface area (Å²) in [5, 5.41) is 6.91. The third kappa shape index (κ3) is 4.72. The first kappa shape index (κ1) is 13.5. The van der Waals surface area contributed by atoms with E-state index in [2.05, 4.69) is 39.6 Å². The lowest BCUT2D eigenvalue weighted by Gasteiger charge is -2.29. The fraction of sp³-hybridized carbons (Fsp3) is 0.643. The molecule has 1 saturated heterocycles. The van der Waals surface area contributed by atoms with E-state index >= 15 is 0 Å². The van der Waals surface area contributed by atoms with Gasteiger partial charge in [-0.2, -0.15) is 0 Å². The van der Waals surface area contributed by atoms with Gasteiger partial charge in [-0.3, -0.25) is 4.98 Å². The molecule has 1 fully saturated rings. The van der Waals surface area contributed by atoms with Crippen molar-refractivity contribution >= 4 is 0 Å². The number of hydrogen-bond donors (Lipinski definition) is 2. The number of hydrogen-bond acceptors (Lipinski definition) is 4. The van der Waals surface area contributed by atoms with Gasteiger partial charge in [0.05, 0.1) is 0 Å². The maximum atomic E-state index is 4.03. The Labute approximate surface area is 110 Å². The molecule has 1 aliphatic rings. The zero-order valence-electron chi connectivity index (χ0n) is 11.2. The van der Waals surface area contributed by atoms with Crippen LogP contribution in [0, 0.1) is 5.92 Å². The monoisotopic (exact) mass is 248 g/mol. The molecule has 0 saturated carbocycles. The van der Waals surface area contributed by atoms with Crippen LogP contribution in [0.4, 0.5) is 0 Å². The molecule has 1 aromatic rings. The average Bonchev–Trinajstić information content (AvgIpc) is 2.41. The van der Waals surface area contributed by atoms with Crippen molar-refractivity contribution in [3.8, 4) is 0 Å². The van der Waals surface area contributed by atoms with Crippen LogP contribution in [0.2, 0.25) is 0 Å². The van der Waals surface area contributed by atoms with Crippen LogP contribution < -0.4 is 10.6 Å². The summed E-state index contributed by atoms with van der Waals surface area (Å²) < 4.78 is 0. The van der Waals surface area contributed by atoms with Crippen LogP contribution in [-0.2, 0) is 6.54 Å². The Balaban J connectivity index is 1.61. The van der Waals surface area contributed by atoms with E-state index in [1.807, 2.05) is 12.4 Å². The fourth-order valence-electron chi connectivity index (χ4n) is 2.36. The molecule has 100 valence electrons. The molecular weight excluding hydrogens is 224 g/mol. The molecule has 0 spiro atoms. The minimum absolute atomic E-state index is 0.699. The highest BCUT2D eigenvalue weighted by Crippen LogP contribution is 2.01. The smallest absolute Gasteiger partial charge is 0.0271 e. The van der Waals surface area contributed by atoms with Crippen molar-refractivity contribution < 1.29 is 0 Å². The molecule has 1 unspecified atom stereocenters. The van der Waals surface area contributed by atoms with E-state index in [1.165, 1.54) is 25.2 Å². The van der Waals surface area contributed by atoms with Crippen molar-refractivity contribution in [3.05, 3.63) is 30.1 Å². The summed E-state index contributed by atoms with van der Waals surface area (Å²) in [5.41, 5.74) is 1.30. The normalized spacial score (nSPS) is 18.7. The quantitative estimate of drug-likeness (QED) is 0.778. The molecule has 0 aliphatic carbocycles. The van der Waals surface area contributed by atoms with Crippen LogP contribution in [0.5, 0.6) is 0 Å². The van der Waals surface area contributed by atoms with Gasteiger partial charge in [-0.1, -0.05) is 6.92 Å². The van der Waals surface area contributed by atoms with E-state index in [0.29, 0.717) is 5.92 Å². The lowest BCUT2D eigenvalue weighted by Crippen LogP contribution is -2.45. The Morgan fingerprint density at radius 1 is 1.33 bits per heavy atom. The first-order valence-electron chi connectivity index (χ1n) is 6.87. The van der Waals surface area contributed by atoms with Gasteiger partial charge in [0.15, 0.2) is 0 Å². The molecule has 1 aromatic heterocycles. The van der Waals surface area contributed by atoms with E-state index in [1.54, 1.807) is 0 Å². The second kappa shape index (κ2) is 7.46. The average molecular weight is 248 g/mol. The molecule has 4 heteroatoms. The van der Waals surface area contributed by atoms with Gasteiger partial charge in [0.25, 0.3) is 0 Å². The van der Waals surface area contributed by atoms with Crippen molar-refractivity contribution in [1.82, 2.24) is 20.5 Å². The highest BCUT2D eigenvalue weighted by atomic mass is 15.2. The summed E-state index contributed by atoms with van der Waals surface area (Å²) in [4.78, 5) is 6.58. The molecule has 2 N–H and O–H groups in total. The fourth-order valence-corrected chi connectivity index (χ4v) is 2.36. The van der Waals surface area contributed by atoms with Gasteiger partial charge < -0.3 is 15.5 Å². The summed E-state index contributed by atoms with van der Waals surface area (Å²) in [6, 6.07) is 4.13. The molecule has 1 aliphatic heterocycles. The van der Waals surface area contributed by atoms with E-state index in [-0.39, 0.29) is 0 Å². The number of aromatic nitrogens is 1. The molecule has 0 bridgehead atoms. The molecule has 1 atom stereocenters. The summed E-state index contributed by atoms with van der Waals surface area (Å²) in [6.45, 7) is 10.2. The zero-order chi connectivity index (χ0) is 12.6. The van der Waals surface area contributed by atoms with Crippen LogP contribution in [0.25, 0.3) is 0 Å². The van der Waals surface area contributed by atoms with Gasteiger partial charge in [-0.25, -0.2) is 0 Å². The Morgan fingerprint density at radius 2 is 2.06 bits per heavy atom. The van der Waals surface area contributed by atoms with Crippen LogP contribution in [0.1, 0.15) is 12.5 Å². The molecule has 2 rings (SSSR count). The molecule has 18 heavy (non-hydrogen) atoms. The van der Waals surface area contributed by atoms with Gasteiger partial charge in [-0.05, 0) is 30.2 Å². The zero-order valence-corrected chi connectivity index (χ0v) is 11.2. The van der Waals surface area contributed by atoms with Crippen LogP contribution >= 0.6 is 0 Å². The highest BCUT2D eigenvalue weighted by molar-refractivity contribution is 5.08. The molecule has 2 heterocycles. The maximum Gasteiger partial charge on any atom is 0.0271 e. The summed E-state index contributed by atoms with van der Waals surface area (Å²) in [6.07, 6.45) is 3.70. The number of rotatable bonds is 6. The second-order valence-electron chi connectivity index (χ2n) is 5.14. The Hall–Kier alpha value is -0.970.